The molecule has 1 N–H and O–H groups in total. The standard InChI is InChI=1S/C12H16F3N3/c13-12(14,15)10-1-3-11(4-2-10)18-7-9-5-16-8-17-6-9/h5-6,8,10-11,18H,1-4,7H2. The van der Waals surface area contributed by atoms with Crippen LogP contribution in [0.15, 0.2) is 18.7 Å². The molecular weight excluding hydrogens is 243 g/mol. The molecular formula is C12H16F3N3. The van der Waals surface area contributed by atoms with Crippen molar-refractivity contribution in [1.29, 1.82) is 0 Å². The predicted molar refractivity (Wildman–Crippen MR) is 60.7 cm³/mol. The van der Waals surface area contributed by atoms with Crippen molar-refractivity contribution in [3.05, 3.63) is 24.3 Å². The van der Waals surface area contributed by atoms with Crippen molar-refractivity contribution >= 4 is 0 Å². The summed E-state index contributed by atoms with van der Waals surface area (Å²) in [6.07, 6.45) is 2.47. The van der Waals surface area contributed by atoms with E-state index in [1.165, 1.54) is 6.33 Å². The van der Waals surface area contributed by atoms with Crippen LogP contribution in [0.2, 0.25) is 0 Å². The number of aromatic nitrogens is 2. The molecule has 3 nitrogen and oxygen atoms in total. The number of rotatable bonds is 3. The van der Waals surface area contributed by atoms with Crippen LogP contribution in [0.5, 0.6) is 0 Å². The van der Waals surface area contributed by atoms with Crippen molar-refractivity contribution in [1.82, 2.24) is 15.3 Å². The van der Waals surface area contributed by atoms with E-state index in [4.69, 9.17) is 0 Å². The highest BCUT2D eigenvalue weighted by atomic mass is 19.4. The summed E-state index contributed by atoms with van der Waals surface area (Å²) >= 11 is 0. The molecule has 1 saturated carbocycles. The fraction of sp³-hybridized carbons (Fsp3) is 0.667. The van der Waals surface area contributed by atoms with Crippen LogP contribution in [0, 0.1) is 5.92 Å². The Balaban J connectivity index is 1.74. The molecule has 6 heteroatoms. The Morgan fingerprint density at radius 1 is 1.11 bits per heavy atom. The maximum atomic E-state index is 12.5. The van der Waals surface area contributed by atoms with Gasteiger partial charge in [0.2, 0.25) is 0 Å². The van der Waals surface area contributed by atoms with Gasteiger partial charge >= 0.3 is 6.18 Å². The van der Waals surface area contributed by atoms with Crippen molar-refractivity contribution in [3.8, 4) is 0 Å². The molecule has 1 aromatic rings. The molecule has 1 aromatic heterocycles. The first-order chi connectivity index (χ1) is 8.55. The molecule has 1 heterocycles. The molecule has 2 rings (SSSR count). The van der Waals surface area contributed by atoms with Crippen LogP contribution in [0.1, 0.15) is 31.2 Å². The third kappa shape index (κ3) is 3.66. The third-order valence-electron chi connectivity index (χ3n) is 3.40. The summed E-state index contributed by atoms with van der Waals surface area (Å²) in [5.74, 6) is -1.12. The lowest BCUT2D eigenvalue weighted by Gasteiger charge is -2.30. The second kappa shape index (κ2) is 5.65. The second-order valence-electron chi connectivity index (χ2n) is 4.72. The molecule has 0 amide bonds. The Morgan fingerprint density at radius 3 is 2.28 bits per heavy atom. The monoisotopic (exact) mass is 259 g/mol. The minimum absolute atomic E-state index is 0.170. The zero-order valence-corrected chi connectivity index (χ0v) is 9.95. The van der Waals surface area contributed by atoms with Gasteiger partial charge in [-0.3, -0.25) is 0 Å². The molecule has 0 unspecified atom stereocenters. The third-order valence-corrected chi connectivity index (χ3v) is 3.40. The molecule has 1 aliphatic carbocycles. The first-order valence-corrected chi connectivity index (χ1v) is 6.09. The van der Waals surface area contributed by atoms with Crippen LogP contribution in [0.4, 0.5) is 13.2 Å². The Bertz CT molecular complexity index is 359. The quantitative estimate of drug-likeness (QED) is 0.907. The molecule has 100 valence electrons. The molecule has 0 spiro atoms. The van der Waals surface area contributed by atoms with Crippen molar-refractivity contribution in [2.45, 2.75) is 44.4 Å². The molecule has 0 atom stereocenters. The molecule has 1 fully saturated rings. The number of nitrogens with one attached hydrogen (secondary N) is 1. The van der Waals surface area contributed by atoms with Crippen molar-refractivity contribution in [2.24, 2.45) is 5.92 Å². The lowest BCUT2D eigenvalue weighted by atomic mass is 9.85. The molecule has 0 radical (unpaired) electrons. The normalized spacial score (nSPS) is 25.1. The number of alkyl halides is 3. The fourth-order valence-corrected chi connectivity index (χ4v) is 2.31. The van der Waals surface area contributed by atoms with E-state index in [0.29, 0.717) is 19.4 Å². The smallest absolute Gasteiger partial charge is 0.310 e. The minimum atomic E-state index is -4.03. The van der Waals surface area contributed by atoms with Gasteiger partial charge in [-0.05, 0) is 25.7 Å². The summed E-state index contributed by atoms with van der Waals surface area (Å²) in [4.78, 5) is 7.79. The summed E-state index contributed by atoms with van der Waals surface area (Å²) in [6.45, 7) is 0.613. The maximum Gasteiger partial charge on any atom is 0.391 e. The van der Waals surface area contributed by atoms with E-state index in [-0.39, 0.29) is 18.9 Å². The zero-order valence-electron chi connectivity index (χ0n) is 9.95. The van der Waals surface area contributed by atoms with E-state index in [1.54, 1.807) is 12.4 Å². The summed E-state index contributed by atoms with van der Waals surface area (Å²) in [7, 11) is 0. The largest absolute Gasteiger partial charge is 0.391 e. The molecule has 0 saturated heterocycles. The molecule has 1 aliphatic rings. The average Bonchev–Trinajstić information content (AvgIpc) is 2.37. The van der Waals surface area contributed by atoms with Crippen LogP contribution < -0.4 is 5.32 Å². The number of halogens is 3. The van der Waals surface area contributed by atoms with E-state index in [0.717, 1.165) is 5.56 Å². The summed E-state index contributed by atoms with van der Waals surface area (Å²) in [6, 6.07) is 0.170. The van der Waals surface area contributed by atoms with Crippen LogP contribution in [-0.2, 0) is 6.54 Å². The van der Waals surface area contributed by atoms with Crippen LogP contribution in [0.3, 0.4) is 0 Å². The zero-order chi connectivity index (χ0) is 13.0. The molecule has 18 heavy (non-hydrogen) atoms. The van der Waals surface area contributed by atoms with Crippen LogP contribution in [0.25, 0.3) is 0 Å². The number of hydrogen-bond donors (Lipinski definition) is 1. The summed E-state index contributed by atoms with van der Waals surface area (Å²) in [5.41, 5.74) is 0.954. The second-order valence-corrected chi connectivity index (χ2v) is 4.72. The molecule has 0 aromatic carbocycles. The van der Waals surface area contributed by atoms with Gasteiger partial charge in [0.15, 0.2) is 0 Å². The first-order valence-electron chi connectivity index (χ1n) is 6.09. The molecule has 0 aliphatic heterocycles. The van der Waals surface area contributed by atoms with Crippen molar-refractivity contribution in [2.75, 3.05) is 0 Å². The van der Waals surface area contributed by atoms with Gasteiger partial charge in [-0.15, -0.1) is 0 Å². The molecule has 0 bridgehead atoms. The fourth-order valence-electron chi connectivity index (χ4n) is 2.31. The van der Waals surface area contributed by atoms with E-state index >= 15 is 0 Å². The Kier molecular flexibility index (Phi) is 4.16. The van der Waals surface area contributed by atoms with E-state index in [2.05, 4.69) is 15.3 Å². The van der Waals surface area contributed by atoms with Gasteiger partial charge in [-0.25, -0.2) is 9.97 Å². The van der Waals surface area contributed by atoms with E-state index < -0.39 is 12.1 Å². The average molecular weight is 259 g/mol. The van der Waals surface area contributed by atoms with Gasteiger partial charge in [0.1, 0.15) is 6.33 Å². The van der Waals surface area contributed by atoms with Crippen LogP contribution >= 0.6 is 0 Å². The summed E-state index contributed by atoms with van der Waals surface area (Å²) < 4.78 is 37.4. The Labute approximate surface area is 104 Å². The highest BCUT2D eigenvalue weighted by Crippen LogP contribution is 2.37. The van der Waals surface area contributed by atoms with Gasteiger partial charge in [-0.1, -0.05) is 0 Å². The maximum absolute atomic E-state index is 12.5. The van der Waals surface area contributed by atoms with Gasteiger partial charge in [0.25, 0.3) is 0 Å². The minimum Gasteiger partial charge on any atom is -0.310 e. The van der Waals surface area contributed by atoms with Gasteiger partial charge < -0.3 is 5.32 Å². The van der Waals surface area contributed by atoms with Crippen LogP contribution in [-0.4, -0.2) is 22.2 Å². The van der Waals surface area contributed by atoms with E-state index in [9.17, 15) is 13.2 Å². The SMILES string of the molecule is FC(F)(F)C1CCC(NCc2cncnc2)CC1. The summed E-state index contributed by atoms with van der Waals surface area (Å²) in [5, 5.41) is 3.26. The Morgan fingerprint density at radius 2 is 1.72 bits per heavy atom. The predicted octanol–water partition coefficient (Wildman–Crippen LogP) is 2.69. The highest BCUT2D eigenvalue weighted by molar-refractivity contribution is 5.02. The number of nitrogens with zero attached hydrogens (tertiary/aromatic N) is 2. The van der Waals surface area contributed by atoms with Gasteiger partial charge in [-0.2, -0.15) is 13.2 Å². The lowest BCUT2D eigenvalue weighted by Crippen LogP contribution is -2.36. The first kappa shape index (κ1) is 13.3. The van der Waals surface area contributed by atoms with Gasteiger partial charge in [0, 0.05) is 30.5 Å². The number of hydrogen-bond acceptors (Lipinski definition) is 3. The van der Waals surface area contributed by atoms with E-state index in [1.807, 2.05) is 0 Å². The van der Waals surface area contributed by atoms with Crippen molar-refractivity contribution < 1.29 is 13.2 Å². The topological polar surface area (TPSA) is 37.8 Å². The van der Waals surface area contributed by atoms with Gasteiger partial charge in [0.05, 0.1) is 5.92 Å². The highest BCUT2D eigenvalue weighted by Gasteiger charge is 2.41. The lowest BCUT2D eigenvalue weighted by molar-refractivity contribution is -0.182. The Hall–Kier alpha value is -1.17. The van der Waals surface area contributed by atoms with Crippen molar-refractivity contribution in [3.63, 3.8) is 0 Å².